The third-order valence-electron chi connectivity index (χ3n) is 7.36. The number of halogens is 2. The number of carbonyl (C=O) groups is 1. The van der Waals surface area contributed by atoms with Crippen molar-refractivity contribution in [1.82, 2.24) is 24.0 Å². The molecule has 41 heavy (non-hydrogen) atoms. The molecule has 0 saturated carbocycles. The summed E-state index contributed by atoms with van der Waals surface area (Å²) in [4.78, 5) is 50.0. The molecule has 0 atom stereocenters. The van der Waals surface area contributed by atoms with Gasteiger partial charge in [-0.25, -0.2) is 9.37 Å². The van der Waals surface area contributed by atoms with Gasteiger partial charge in [-0.3, -0.25) is 28.5 Å². The Bertz CT molecular complexity index is 1840. The lowest BCUT2D eigenvalue weighted by Gasteiger charge is -2.44. The number of pyridine rings is 2. The third-order valence-corrected chi connectivity index (χ3v) is 7.65. The monoisotopic (exact) mass is 577 g/mol. The van der Waals surface area contributed by atoms with Crippen LogP contribution in [0.5, 0.6) is 5.75 Å². The molecular formula is C30H29ClFN5O4. The van der Waals surface area contributed by atoms with Gasteiger partial charge in [-0.05, 0) is 55.2 Å². The van der Waals surface area contributed by atoms with Gasteiger partial charge in [-0.1, -0.05) is 44.2 Å². The molecule has 5 rings (SSSR count). The molecule has 0 radical (unpaired) electrons. The molecule has 0 unspecified atom stereocenters. The van der Waals surface area contributed by atoms with E-state index in [4.69, 9.17) is 16.6 Å². The van der Waals surface area contributed by atoms with Gasteiger partial charge in [0.05, 0.1) is 47.2 Å². The Morgan fingerprint density at radius 2 is 1.90 bits per heavy atom. The maximum absolute atomic E-state index is 15.8. The van der Waals surface area contributed by atoms with Crippen LogP contribution in [0.25, 0.3) is 28.1 Å². The molecule has 1 aromatic carbocycles. The van der Waals surface area contributed by atoms with Crippen molar-refractivity contribution in [2.24, 2.45) is 0 Å². The highest BCUT2D eigenvalue weighted by Crippen LogP contribution is 2.38. The maximum atomic E-state index is 15.8. The first-order valence-electron chi connectivity index (χ1n) is 13.1. The number of hydrogen-bond donors (Lipinski definition) is 1. The number of aromatic nitrogens is 4. The normalized spacial score (nSPS) is 14.4. The number of rotatable bonds is 6. The van der Waals surface area contributed by atoms with Crippen molar-refractivity contribution >= 4 is 28.7 Å². The van der Waals surface area contributed by atoms with E-state index in [1.807, 2.05) is 13.8 Å². The Balaban J connectivity index is 1.85. The number of phenolic OH excluding ortho intramolecular Hbond substituents is 1. The fourth-order valence-electron chi connectivity index (χ4n) is 5.34. The third kappa shape index (κ3) is 4.72. The number of aromatic hydroxyl groups is 1. The summed E-state index contributed by atoms with van der Waals surface area (Å²) in [7, 11) is 0. The summed E-state index contributed by atoms with van der Waals surface area (Å²) in [5, 5.41) is 10.8. The number of carbonyl (C=O) groups excluding carboxylic acids is 1. The number of nitrogens with zero attached hydrogens (tertiary/aromatic N) is 5. The first-order valence-corrected chi connectivity index (χ1v) is 13.5. The largest absolute Gasteiger partial charge is 0.507 e. The van der Waals surface area contributed by atoms with Gasteiger partial charge in [0.15, 0.2) is 11.3 Å². The van der Waals surface area contributed by atoms with Gasteiger partial charge in [0, 0.05) is 11.8 Å². The molecule has 4 heterocycles. The molecule has 1 N–H and O–H groups in total. The lowest BCUT2D eigenvalue weighted by molar-refractivity contribution is -0.141. The topological polar surface area (TPSA) is 110 Å². The Morgan fingerprint density at radius 1 is 1.20 bits per heavy atom. The van der Waals surface area contributed by atoms with E-state index in [9.17, 15) is 19.5 Å². The van der Waals surface area contributed by atoms with Gasteiger partial charge in [-0.15, -0.1) is 0 Å². The summed E-state index contributed by atoms with van der Waals surface area (Å²) in [6.45, 7) is 9.83. The quantitative estimate of drug-likeness (QED) is 0.268. The van der Waals surface area contributed by atoms with Crippen LogP contribution in [-0.2, 0) is 11.3 Å². The summed E-state index contributed by atoms with van der Waals surface area (Å²) in [5.41, 5.74) is -0.786. The van der Waals surface area contributed by atoms with E-state index < -0.39 is 29.2 Å². The summed E-state index contributed by atoms with van der Waals surface area (Å²) < 4.78 is 18.0. The zero-order valence-corrected chi connectivity index (χ0v) is 23.9. The average Bonchev–Trinajstić information content (AvgIpc) is 2.90. The molecule has 0 aliphatic carbocycles. The van der Waals surface area contributed by atoms with Gasteiger partial charge in [0.25, 0.3) is 0 Å². The number of alkyl halides is 1. The molecule has 212 valence electrons. The van der Waals surface area contributed by atoms with Crippen LogP contribution in [0.15, 0.2) is 58.8 Å². The Kier molecular flexibility index (Phi) is 7.07. The van der Waals surface area contributed by atoms with Gasteiger partial charge in [0.2, 0.25) is 5.91 Å². The lowest BCUT2D eigenvalue weighted by atomic mass is 9.95. The molecule has 1 saturated heterocycles. The molecule has 3 aromatic heterocycles. The molecule has 0 spiro atoms. The minimum absolute atomic E-state index is 0.0524. The molecule has 1 aliphatic rings. The van der Waals surface area contributed by atoms with Crippen LogP contribution in [0.1, 0.15) is 36.6 Å². The highest BCUT2D eigenvalue weighted by atomic mass is 35.5. The van der Waals surface area contributed by atoms with E-state index in [0.29, 0.717) is 28.1 Å². The zero-order chi connectivity index (χ0) is 29.8. The average molecular weight is 578 g/mol. The summed E-state index contributed by atoms with van der Waals surface area (Å²) in [6.07, 6.45) is 2.72. The van der Waals surface area contributed by atoms with E-state index in [0.717, 1.165) is 10.6 Å². The van der Waals surface area contributed by atoms with Crippen LogP contribution in [0.2, 0.25) is 5.02 Å². The lowest BCUT2D eigenvalue weighted by Crippen LogP contribution is -2.63. The van der Waals surface area contributed by atoms with E-state index in [-0.39, 0.29) is 46.6 Å². The van der Waals surface area contributed by atoms with E-state index in [2.05, 4.69) is 11.6 Å². The predicted octanol–water partition coefficient (Wildman–Crippen LogP) is 4.45. The van der Waals surface area contributed by atoms with Gasteiger partial charge in [-0.2, -0.15) is 0 Å². The Labute approximate surface area is 240 Å². The number of benzene rings is 1. The van der Waals surface area contributed by atoms with Crippen molar-refractivity contribution in [1.29, 1.82) is 0 Å². The van der Waals surface area contributed by atoms with Crippen molar-refractivity contribution in [3.63, 3.8) is 0 Å². The second-order valence-electron chi connectivity index (χ2n) is 10.7. The molecule has 1 fully saturated rings. The SMILES string of the molecule is C=CC(=O)N1CC(F)(Cn2c(=O)c(=O)n(-c3c(C)ccnc3C(C)C)c3nc(-c4c(C)cccc4O)c(Cl)cc32)C1. The molecule has 0 bridgehead atoms. The maximum Gasteiger partial charge on any atom is 0.322 e. The van der Waals surface area contributed by atoms with E-state index in [1.165, 1.54) is 21.6 Å². The van der Waals surface area contributed by atoms with Crippen molar-refractivity contribution in [2.75, 3.05) is 13.1 Å². The molecule has 1 amide bonds. The minimum atomic E-state index is -1.96. The van der Waals surface area contributed by atoms with Crippen LogP contribution < -0.4 is 11.1 Å². The van der Waals surface area contributed by atoms with Crippen LogP contribution in [0.4, 0.5) is 4.39 Å². The fraction of sp³-hybridized carbons (Fsp3) is 0.300. The van der Waals surface area contributed by atoms with Crippen molar-refractivity contribution in [2.45, 2.75) is 45.8 Å². The standard InChI is InChI=1S/C30H29ClFN5O4/c1-6-22(39)35-13-30(32,14-35)15-36-20-12-19(31)25(23-17(4)8-7-9-21(23)38)34-27(20)37(29(41)28(36)40)26-18(5)10-11-33-24(26)16(2)3/h6-12,16,38H,1,13-15H2,2-5H3. The molecule has 11 heteroatoms. The number of likely N-dealkylation sites (tertiary alicyclic amines) is 1. The molecular weight excluding hydrogens is 549 g/mol. The van der Waals surface area contributed by atoms with Gasteiger partial charge >= 0.3 is 11.1 Å². The first-order chi connectivity index (χ1) is 19.4. The Morgan fingerprint density at radius 3 is 2.54 bits per heavy atom. The zero-order valence-electron chi connectivity index (χ0n) is 23.1. The van der Waals surface area contributed by atoms with Crippen LogP contribution in [-0.4, -0.2) is 53.8 Å². The summed E-state index contributed by atoms with van der Waals surface area (Å²) >= 11 is 6.71. The van der Waals surface area contributed by atoms with Crippen molar-refractivity contribution in [3.05, 3.63) is 91.7 Å². The summed E-state index contributed by atoms with van der Waals surface area (Å²) in [5.74, 6) is -0.601. The van der Waals surface area contributed by atoms with Crippen LogP contribution in [0, 0.1) is 13.8 Å². The highest BCUT2D eigenvalue weighted by molar-refractivity contribution is 6.33. The number of fused-ring (bicyclic) bond motifs is 1. The van der Waals surface area contributed by atoms with Gasteiger partial charge < -0.3 is 10.0 Å². The predicted molar refractivity (Wildman–Crippen MR) is 156 cm³/mol. The van der Waals surface area contributed by atoms with E-state index >= 15 is 4.39 Å². The second-order valence-corrected chi connectivity index (χ2v) is 11.1. The summed E-state index contributed by atoms with van der Waals surface area (Å²) in [6, 6.07) is 8.15. The Hall–Kier alpha value is -4.31. The van der Waals surface area contributed by atoms with Crippen LogP contribution in [0.3, 0.4) is 0 Å². The molecule has 1 aliphatic heterocycles. The fourth-order valence-corrected chi connectivity index (χ4v) is 5.58. The smallest absolute Gasteiger partial charge is 0.322 e. The molecule has 4 aromatic rings. The van der Waals surface area contributed by atoms with E-state index in [1.54, 1.807) is 38.2 Å². The van der Waals surface area contributed by atoms with Crippen molar-refractivity contribution < 1.29 is 14.3 Å². The van der Waals surface area contributed by atoms with Crippen molar-refractivity contribution in [3.8, 4) is 22.7 Å². The number of amides is 1. The number of hydrogen-bond acceptors (Lipinski definition) is 6. The highest BCUT2D eigenvalue weighted by Gasteiger charge is 2.46. The number of phenols is 1. The first kappa shape index (κ1) is 28.2. The van der Waals surface area contributed by atoms with Gasteiger partial charge in [0.1, 0.15) is 5.75 Å². The molecule has 9 nitrogen and oxygen atoms in total. The second kappa shape index (κ2) is 10.3. The van der Waals surface area contributed by atoms with Crippen LogP contribution >= 0.6 is 11.6 Å². The minimum Gasteiger partial charge on any atom is -0.507 e. The number of aryl methyl sites for hydroxylation is 2.